The number of carboxylic acid groups (broad SMARTS) is 1. The number of likely N-dealkylation sites (N-methyl/N-ethyl adjacent to an activating group) is 1. The first-order valence-electron chi connectivity index (χ1n) is 5.18. The topological polar surface area (TPSA) is 61.4 Å². The zero-order chi connectivity index (χ0) is 11.0. The highest BCUT2D eigenvalue weighted by molar-refractivity contribution is 5.73. The lowest BCUT2D eigenvalue weighted by molar-refractivity contribution is -0.139. The quantitative estimate of drug-likeness (QED) is 0.507. The SMILES string of the molecule is CNC(CNCCCC(C)C)C(=O)O. The molecule has 0 spiro atoms. The average Bonchev–Trinajstić information content (AvgIpc) is 2.10. The molecule has 84 valence electrons. The Hall–Kier alpha value is -0.610. The molecule has 0 rings (SSSR count). The predicted molar refractivity (Wildman–Crippen MR) is 57.4 cm³/mol. The van der Waals surface area contributed by atoms with E-state index in [9.17, 15) is 4.79 Å². The lowest BCUT2D eigenvalue weighted by Crippen LogP contribution is -2.42. The summed E-state index contributed by atoms with van der Waals surface area (Å²) in [4.78, 5) is 10.6. The van der Waals surface area contributed by atoms with E-state index in [1.165, 1.54) is 6.42 Å². The number of carbonyl (C=O) groups is 1. The minimum Gasteiger partial charge on any atom is -0.480 e. The van der Waals surface area contributed by atoms with E-state index in [0.29, 0.717) is 6.54 Å². The molecule has 0 amide bonds. The Bertz CT molecular complexity index is 160. The zero-order valence-corrected chi connectivity index (χ0v) is 9.34. The molecule has 0 aromatic carbocycles. The zero-order valence-electron chi connectivity index (χ0n) is 9.34. The molecule has 1 atom stereocenters. The summed E-state index contributed by atoms with van der Waals surface area (Å²) in [5.74, 6) is -0.0831. The molecule has 0 fully saturated rings. The number of carboxylic acids is 1. The summed E-state index contributed by atoms with van der Waals surface area (Å²) in [6.45, 7) is 5.76. The fraction of sp³-hybridized carbons (Fsp3) is 0.900. The van der Waals surface area contributed by atoms with E-state index in [-0.39, 0.29) is 0 Å². The van der Waals surface area contributed by atoms with Crippen LogP contribution in [0.1, 0.15) is 26.7 Å². The molecule has 0 saturated heterocycles. The molecule has 0 aliphatic carbocycles. The summed E-state index contributed by atoms with van der Waals surface area (Å²) in [5, 5.41) is 14.6. The third-order valence-corrected chi connectivity index (χ3v) is 2.13. The first kappa shape index (κ1) is 13.4. The molecule has 0 radical (unpaired) electrons. The second-order valence-corrected chi connectivity index (χ2v) is 3.92. The van der Waals surface area contributed by atoms with Crippen molar-refractivity contribution in [3.8, 4) is 0 Å². The van der Waals surface area contributed by atoms with Crippen LogP contribution in [0.15, 0.2) is 0 Å². The number of hydrogen-bond acceptors (Lipinski definition) is 3. The van der Waals surface area contributed by atoms with Gasteiger partial charge in [-0.15, -0.1) is 0 Å². The van der Waals surface area contributed by atoms with Gasteiger partial charge in [0.25, 0.3) is 0 Å². The molecule has 0 bridgehead atoms. The predicted octanol–water partition coefficient (Wildman–Crippen LogP) is 0.685. The summed E-state index contributed by atoms with van der Waals surface area (Å²) >= 11 is 0. The number of aliphatic carboxylic acids is 1. The third kappa shape index (κ3) is 6.86. The molecular weight excluding hydrogens is 180 g/mol. The van der Waals surface area contributed by atoms with Crippen LogP contribution in [0.25, 0.3) is 0 Å². The maximum absolute atomic E-state index is 10.6. The molecule has 14 heavy (non-hydrogen) atoms. The van der Waals surface area contributed by atoms with Crippen molar-refractivity contribution in [1.29, 1.82) is 0 Å². The van der Waals surface area contributed by atoms with Crippen LogP contribution in [0.2, 0.25) is 0 Å². The van der Waals surface area contributed by atoms with E-state index < -0.39 is 12.0 Å². The van der Waals surface area contributed by atoms with Crippen molar-refractivity contribution < 1.29 is 9.90 Å². The second-order valence-electron chi connectivity index (χ2n) is 3.92. The van der Waals surface area contributed by atoms with Gasteiger partial charge in [0.15, 0.2) is 0 Å². The lowest BCUT2D eigenvalue weighted by Gasteiger charge is -2.12. The Balaban J connectivity index is 3.38. The minimum atomic E-state index is -0.802. The fourth-order valence-corrected chi connectivity index (χ4v) is 1.19. The smallest absolute Gasteiger partial charge is 0.322 e. The van der Waals surface area contributed by atoms with Gasteiger partial charge < -0.3 is 15.7 Å². The van der Waals surface area contributed by atoms with Crippen LogP contribution in [0.5, 0.6) is 0 Å². The maximum Gasteiger partial charge on any atom is 0.322 e. The van der Waals surface area contributed by atoms with Crippen LogP contribution in [-0.4, -0.2) is 37.3 Å². The van der Waals surface area contributed by atoms with Crippen LogP contribution in [0.4, 0.5) is 0 Å². The second kappa shape index (κ2) is 7.76. The van der Waals surface area contributed by atoms with Crippen molar-refractivity contribution in [3.63, 3.8) is 0 Å². The average molecular weight is 202 g/mol. The van der Waals surface area contributed by atoms with Crippen molar-refractivity contribution >= 4 is 5.97 Å². The van der Waals surface area contributed by atoms with E-state index in [1.54, 1.807) is 7.05 Å². The van der Waals surface area contributed by atoms with E-state index in [1.807, 2.05) is 0 Å². The van der Waals surface area contributed by atoms with Gasteiger partial charge in [-0.2, -0.15) is 0 Å². The Kier molecular flexibility index (Phi) is 7.42. The van der Waals surface area contributed by atoms with Gasteiger partial charge >= 0.3 is 5.97 Å². The Morgan fingerprint density at radius 2 is 2.07 bits per heavy atom. The molecule has 0 aromatic rings. The van der Waals surface area contributed by atoms with Gasteiger partial charge in [0.2, 0.25) is 0 Å². The summed E-state index contributed by atoms with van der Waals surface area (Å²) in [6.07, 6.45) is 2.29. The Labute approximate surface area is 86.1 Å². The molecule has 0 heterocycles. The van der Waals surface area contributed by atoms with Gasteiger partial charge in [0.1, 0.15) is 6.04 Å². The summed E-state index contributed by atoms with van der Waals surface area (Å²) in [5.41, 5.74) is 0. The highest BCUT2D eigenvalue weighted by Gasteiger charge is 2.12. The van der Waals surface area contributed by atoms with Gasteiger partial charge in [-0.3, -0.25) is 4.79 Å². The molecule has 0 aliphatic heterocycles. The molecule has 4 nitrogen and oxygen atoms in total. The number of rotatable bonds is 8. The van der Waals surface area contributed by atoms with Crippen LogP contribution in [-0.2, 0) is 4.79 Å². The van der Waals surface area contributed by atoms with Crippen molar-refractivity contribution in [2.75, 3.05) is 20.1 Å². The van der Waals surface area contributed by atoms with Crippen LogP contribution < -0.4 is 10.6 Å². The van der Waals surface area contributed by atoms with Crippen LogP contribution in [0.3, 0.4) is 0 Å². The minimum absolute atomic E-state index is 0.478. The van der Waals surface area contributed by atoms with E-state index in [4.69, 9.17) is 5.11 Å². The van der Waals surface area contributed by atoms with Gasteiger partial charge in [-0.1, -0.05) is 13.8 Å². The standard InChI is InChI=1S/C10H22N2O2/c1-8(2)5-4-6-12-7-9(11-3)10(13)14/h8-9,11-12H,4-7H2,1-3H3,(H,13,14). The largest absolute Gasteiger partial charge is 0.480 e. The number of nitrogens with one attached hydrogen (secondary N) is 2. The normalized spacial score (nSPS) is 13.1. The van der Waals surface area contributed by atoms with E-state index in [2.05, 4.69) is 24.5 Å². The molecule has 0 aliphatic rings. The summed E-state index contributed by atoms with van der Waals surface area (Å²) < 4.78 is 0. The molecule has 0 saturated carbocycles. The molecule has 1 unspecified atom stereocenters. The van der Waals surface area contributed by atoms with Crippen LogP contribution in [0, 0.1) is 5.92 Å². The molecule has 0 aromatic heterocycles. The highest BCUT2D eigenvalue weighted by atomic mass is 16.4. The van der Waals surface area contributed by atoms with Crippen molar-refractivity contribution in [2.24, 2.45) is 5.92 Å². The van der Waals surface area contributed by atoms with Gasteiger partial charge in [-0.05, 0) is 32.4 Å². The molecule has 4 heteroatoms. The first-order valence-corrected chi connectivity index (χ1v) is 5.18. The van der Waals surface area contributed by atoms with Gasteiger partial charge in [-0.25, -0.2) is 0 Å². The van der Waals surface area contributed by atoms with Gasteiger partial charge in [0.05, 0.1) is 0 Å². The molecular formula is C10H22N2O2. The Morgan fingerprint density at radius 1 is 1.43 bits per heavy atom. The fourth-order valence-electron chi connectivity index (χ4n) is 1.19. The van der Waals surface area contributed by atoms with E-state index in [0.717, 1.165) is 18.9 Å². The summed E-state index contributed by atoms with van der Waals surface area (Å²) in [7, 11) is 1.66. The van der Waals surface area contributed by atoms with Crippen molar-refractivity contribution in [2.45, 2.75) is 32.7 Å². The lowest BCUT2D eigenvalue weighted by atomic mass is 10.1. The maximum atomic E-state index is 10.6. The van der Waals surface area contributed by atoms with Gasteiger partial charge in [0, 0.05) is 6.54 Å². The van der Waals surface area contributed by atoms with Crippen molar-refractivity contribution in [3.05, 3.63) is 0 Å². The van der Waals surface area contributed by atoms with Crippen LogP contribution >= 0.6 is 0 Å². The highest BCUT2D eigenvalue weighted by Crippen LogP contribution is 2.01. The van der Waals surface area contributed by atoms with Crippen molar-refractivity contribution in [1.82, 2.24) is 10.6 Å². The van der Waals surface area contributed by atoms with E-state index >= 15 is 0 Å². The molecule has 3 N–H and O–H groups in total. The third-order valence-electron chi connectivity index (χ3n) is 2.13. The number of hydrogen-bond donors (Lipinski definition) is 3. The summed E-state index contributed by atoms with van der Waals surface area (Å²) in [6, 6.07) is -0.478. The Morgan fingerprint density at radius 3 is 2.50 bits per heavy atom. The first-order chi connectivity index (χ1) is 6.57. The monoisotopic (exact) mass is 202 g/mol.